The zero-order valence-electron chi connectivity index (χ0n) is 11.6. The van der Waals surface area contributed by atoms with Crippen molar-refractivity contribution in [3.63, 3.8) is 0 Å². The van der Waals surface area contributed by atoms with E-state index in [-0.39, 0.29) is 5.91 Å². The van der Waals surface area contributed by atoms with Gasteiger partial charge in [-0.1, -0.05) is 25.5 Å². The lowest BCUT2D eigenvalue weighted by atomic mass is 9.76. The second kappa shape index (κ2) is 5.44. The Morgan fingerprint density at radius 3 is 2.42 bits per heavy atom. The Morgan fingerprint density at radius 1 is 1.37 bits per heavy atom. The number of hydrogen-bond donors (Lipinski definition) is 0. The number of aryl methyl sites for hydroxylation is 1. The molecule has 0 atom stereocenters. The van der Waals surface area contributed by atoms with Gasteiger partial charge in [0, 0.05) is 12.6 Å². The summed E-state index contributed by atoms with van der Waals surface area (Å²) in [5.41, 5.74) is 1.35. The zero-order valence-corrected chi connectivity index (χ0v) is 11.6. The normalized spacial score (nSPS) is 16.3. The number of benzene rings is 1. The molecule has 19 heavy (non-hydrogen) atoms. The molecule has 0 unspecified atom stereocenters. The molecule has 1 amide bonds. The molecule has 1 saturated carbocycles. The van der Waals surface area contributed by atoms with E-state index in [2.05, 4.69) is 13.0 Å². The van der Waals surface area contributed by atoms with Crippen LogP contribution in [0.25, 0.3) is 0 Å². The molecule has 3 heteroatoms. The lowest BCUT2D eigenvalue weighted by molar-refractivity contribution is 0.0497. The van der Waals surface area contributed by atoms with E-state index < -0.39 is 5.54 Å². The standard InChI is InChI=1S/C16H20N2O/c1-3-5-13-6-8-14(9-7-13)15(19)18(2)16(12-17)10-4-11-16/h6-9H,3-5,10-11H2,1-2H3. The molecule has 2 rings (SSSR count). The molecule has 0 bridgehead atoms. The molecule has 1 aromatic rings. The van der Waals surface area contributed by atoms with Gasteiger partial charge in [-0.2, -0.15) is 5.26 Å². The van der Waals surface area contributed by atoms with Gasteiger partial charge >= 0.3 is 0 Å². The molecule has 0 N–H and O–H groups in total. The predicted octanol–water partition coefficient (Wildman–Crippen LogP) is 3.16. The molecule has 0 spiro atoms. The number of nitriles is 1. The first kappa shape index (κ1) is 13.6. The van der Waals surface area contributed by atoms with Crippen molar-refractivity contribution < 1.29 is 4.79 Å². The van der Waals surface area contributed by atoms with Crippen LogP contribution in [0.2, 0.25) is 0 Å². The molecular weight excluding hydrogens is 236 g/mol. The van der Waals surface area contributed by atoms with Crippen molar-refractivity contribution in [1.82, 2.24) is 4.90 Å². The third kappa shape index (κ3) is 2.49. The average molecular weight is 256 g/mol. The number of amides is 1. The highest BCUT2D eigenvalue weighted by molar-refractivity contribution is 5.95. The van der Waals surface area contributed by atoms with Crippen molar-refractivity contribution in [3.05, 3.63) is 35.4 Å². The third-order valence-corrected chi connectivity index (χ3v) is 4.08. The smallest absolute Gasteiger partial charge is 0.254 e. The molecule has 0 aliphatic heterocycles. The van der Waals surface area contributed by atoms with Gasteiger partial charge in [0.05, 0.1) is 6.07 Å². The summed E-state index contributed by atoms with van der Waals surface area (Å²) < 4.78 is 0. The summed E-state index contributed by atoms with van der Waals surface area (Å²) in [6.07, 6.45) is 4.75. The van der Waals surface area contributed by atoms with E-state index in [0.29, 0.717) is 5.56 Å². The van der Waals surface area contributed by atoms with E-state index in [1.165, 1.54) is 5.56 Å². The van der Waals surface area contributed by atoms with E-state index in [4.69, 9.17) is 0 Å². The molecule has 1 aromatic carbocycles. The maximum Gasteiger partial charge on any atom is 0.254 e. The van der Waals surface area contributed by atoms with Gasteiger partial charge < -0.3 is 4.90 Å². The lowest BCUT2D eigenvalue weighted by Gasteiger charge is -2.42. The van der Waals surface area contributed by atoms with Crippen LogP contribution in [0.4, 0.5) is 0 Å². The van der Waals surface area contributed by atoms with E-state index in [9.17, 15) is 10.1 Å². The Kier molecular flexibility index (Phi) is 3.90. The van der Waals surface area contributed by atoms with Crippen LogP contribution in [0.1, 0.15) is 48.5 Å². The van der Waals surface area contributed by atoms with Gasteiger partial charge in [0.15, 0.2) is 0 Å². The Labute approximate surface area is 114 Å². The number of carbonyl (C=O) groups is 1. The second-order valence-electron chi connectivity index (χ2n) is 5.31. The fourth-order valence-electron chi connectivity index (χ4n) is 2.52. The molecule has 3 nitrogen and oxygen atoms in total. The third-order valence-electron chi connectivity index (χ3n) is 4.08. The van der Waals surface area contributed by atoms with E-state index in [1.807, 2.05) is 24.3 Å². The minimum atomic E-state index is -0.570. The van der Waals surface area contributed by atoms with Crippen LogP contribution in [-0.4, -0.2) is 23.4 Å². The van der Waals surface area contributed by atoms with Crippen LogP contribution in [0, 0.1) is 11.3 Å². The maximum absolute atomic E-state index is 12.4. The Balaban J connectivity index is 2.13. The summed E-state index contributed by atoms with van der Waals surface area (Å²) in [4.78, 5) is 14.0. The summed E-state index contributed by atoms with van der Waals surface area (Å²) in [6, 6.07) is 10.0. The quantitative estimate of drug-likeness (QED) is 0.830. The maximum atomic E-state index is 12.4. The van der Waals surface area contributed by atoms with Gasteiger partial charge in [0.2, 0.25) is 0 Å². The predicted molar refractivity (Wildman–Crippen MR) is 74.7 cm³/mol. The first-order valence-corrected chi connectivity index (χ1v) is 6.91. The first-order chi connectivity index (χ1) is 9.13. The molecule has 0 heterocycles. The summed E-state index contributed by atoms with van der Waals surface area (Å²) >= 11 is 0. The lowest BCUT2D eigenvalue weighted by Crippen LogP contribution is -2.53. The van der Waals surface area contributed by atoms with E-state index >= 15 is 0 Å². The highest BCUT2D eigenvalue weighted by atomic mass is 16.2. The number of rotatable bonds is 4. The fraction of sp³-hybridized carbons (Fsp3) is 0.500. The Bertz CT molecular complexity index is 494. The van der Waals surface area contributed by atoms with Crippen LogP contribution in [-0.2, 0) is 6.42 Å². The van der Waals surface area contributed by atoms with Crippen LogP contribution in [0.3, 0.4) is 0 Å². The Hall–Kier alpha value is -1.82. The summed E-state index contributed by atoms with van der Waals surface area (Å²) in [7, 11) is 1.74. The Morgan fingerprint density at radius 2 is 2.00 bits per heavy atom. The summed E-state index contributed by atoms with van der Waals surface area (Å²) in [5.74, 6) is -0.0516. The minimum absolute atomic E-state index is 0.0516. The minimum Gasteiger partial charge on any atom is -0.323 e. The molecule has 100 valence electrons. The summed E-state index contributed by atoms with van der Waals surface area (Å²) in [5, 5.41) is 9.27. The molecule has 1 fully saturated rings. The molecule has 1 aliphatic rings. The largest absolute Gasteiger partial charge is 0.323 e. The highest BCUT2D eigenvalue weighted by Crippen LogP contribution is 2.36. The monoisotopic (exact) mass is 256 g/mol. The van der Waals surface area contributed by atoms with Crippen molar-refractivity contribution >= 4 is 5.91 Å². The van der Waals surface area contributed by atoms with Gasteiger partial charge in [-0.3, -0.25) is 4.79 Å². The van der Waals surface area contributed by atoms with Gasteiger partial charge in [-0.15, -0.1) is 0 Å². The second-order valence-corrected chi connectivity index (χ2v) is 5.31. The van der Waals surface area contributed by atoms with Crippen molar-refractivity contribution in [3.8, 4) is 6.07 Å². The van der Waals surface area contributed by atoms with E-state index in [1.54, 1.807) is 11.9 Å². The number of carbonyl (C=O) groups excluding carboxylic acids is 1. The zero-order chi connectivity index (χ0) is 13.9. The van der Waals surface area contributed by atoms with Crippen molar-refractivity contribution in [1.29, 1.82) is 5.26 Å². The highest BCUT2D eigenvalue weighted by Gasteiger charge is 2.43. The number of hydrogen-bond acceptors (Lipinski definition) is 2. The SMILES string of the molecule is CCCc1ccc(C(=O)N(C)C2(C#N)CCC2)cc1. The van der Waals surface area contributed by atoms with Gasteiger partial charge in [0.1, 0.15) is 5.54 Å². The van der Waals surface area contributed by atoms with Gasteiger partial charge in [0.25, 0.3) is 5.91 Å². The van der Waals surface area contributed by atoms with Crippen LogP contribution in [0.5, 0.6) is 0 Å². The van der Waals surface area contributed by atoms with Crippen LogP contribution < -0.4 is 0 Å². The van der Waals surface area contributed by atoms with Gasteiger partial charge in [-0.25, -0.2) is 0 Å². The van der Waals surface area contributed by atoms with E-state index in [0.717, 1.165) is 32.1 Å². The van der Waals surface area contributed by atoms with Crippen LogP contribution in [0.15, 0.2) is 24.3 Å². The average Bonchev–Trinajstić information content (AvgIpc) is 2.38. The molecular formula is C16H20N2O. The molecule has 1 aliphatic carbocycles. The molecule has 0 radical (unpaired) electrons. The number of nitrogens with zero attached hydrogens (tertiary/aromatic N) is 2. The molecule has 0 aromatic heterocycles. The fourth-order valence-corrected chi connectivity index (χ4v) is 2.52. The first-order valence-electron chi connectivity index (χ1n) is 6.91. The van der Waals surface area contributed by atoms with Crippen LogP contribution >= 0.6 is 0 Å². The van der Waals surface area contributed by atoms with Gasteiger partial charge in [-0.05, 0) is 43.4 Å². The summed E-state index contributed by atoms with van der Waals surface area (Å²) in [6.45, 7) is 2.14. The van der Waals surface area contributed by atoms with Crippen molar-refractivity contribution in [2.45, 2.75) is 44.6 Å². The molecule has 0 saturated heterocycles. The van der Waals surface area contributed by atoms with Crippen molar-refractivity contribution in [2.24, 2.45) is 0 Å². The topological polar surface area (TPSA) is 44.1 Å². The van der Waals surface area contributed by atoms with Crippen molar-refractivity contribution in [2.75, 3.05) is 7.05 Å².